The molecule has 0 bridgehead atoms. The third-order valence-electron chi connectivity index (χ3n) is 4.33. The summed E-state index contributed by atoms with van der Waals surface area (Å²) in [5.74, 6) is 2.69. The summed E-state index contributed by atoms with van der Waals surface area (Å²) in [6, 6.07) is 0.585. The Morgan fingerprint density at radius 2 is 2.12 bits per heavy atom. The maximum Gasteiger partial charge on any atom is 0.191 e. The van der Waals surface area contributed by atoms with Crippen molar-refractivity contribution in [1.82, 2.24) is 25.4 Å². The van der Waals surface area contributed by atoms with Gasteiger partial charge in [-0.25, -0.2) is 0 Å². The van der Waals surface area contributed by atoms with E-state index in [4.69, 9.17) is 4.99 Å². The van der Waals surface area contributed by atoms with Crippen LogP contribution in [0.3, 0.4) is 0 Å². The van der Waals surface area contributed by atoms with Gasteiger partial charge in [0.05, 0.1) is 0 Å². The van der Waals surface area contributed by atoms with Gasteiger partial charge in [0, 0.05) is 32.1 Å². The molecule has 138 valence electrons. The molecule has 0 aliphatic heterocycles. The summed E-state index contributed by atoms with van der Waals surface area (Å²) >= 11 is 0. The Morgan fingerprint density at radius 1 is 1.38 bits per heavy atom. The lowest BCUT2D eigenvalue weighted by Gasteiger charge is -2.18. The largest absolute Gasteiger partial charge is 0.355 e. The van der Waals surface area contributed by atoms with E-state index < -0.39 is 0 Å². The number of aliphatic imine (C=N–C) groups is 1. The number of nitrogens with one attached hydrogen (secondary N) is 2. The first kappa shape index (κ1) is 21.2. The van der Waals surface area contributed by atoms with Crippen molar-refractivity contribution in [1.29, 1.82) is 0 Å². The third kappa shape index (κ3) is 7.36. The van der Waals surface area contributed by atoms with Crippen LogP contribution in [0.1, 0.15) is 58.7 Å². The number of nitrogens with zero attached hydrogens (tertiary/aromatic N) is 4. The summed E-state index contributed by atoms with van der Waals surface area (Å²) in [4.78, 5) is 4.74. The highest BCUT2D eigenvalue weighted by molar-refractivity contribution is 14.0. The second-order valence-electron chi connectivity index (χ2n) is 6.76. The third-order valence-corrected chi connectivity index (χ3v) is 4.33. The molecular formula is C17H33IN6. The van der Waals surface area contributed by atoms with E-state index in [9.17, 15) is 0 Å². The zero-order valence-electron chi connectivity index (χ0n) is 15.3. The molecule has 2 N–H and O–H groups in total. The number of hydrogen-bond donors (Lipinski definition) is 2. The Bertz CT molecular complexity index is 479. The lowest BCUT2D eigenvalue weighted by atomic mass is 10.1. The van der Waals surface area contributed by atoms with Gasteiger partial charge in [0.15, 0.2) is 5.96 Å². The first-order valence-electron chi connectivity index (χ1n) is 9.10. The molecule has 1 heterocycles. The average Bonchev–Trinajstić information content (AvgIpc) is 3.17. The Hall–Kier alpha value is -0.860. The minimum Gasteiger partial charge on any atom is -0.355 e. The van der Waals surface area contributed by atoms with Crippen LogP contribution in [0, 0.1) is 5.92 Å². The molecule has 0 saturated heterocycles. The van der Waals surface area contributed by atoms with E-state index in [1.165, 1.54) is 25.7 Å². The molecule has 0 spiro atoms. The van der Waals surface area contributed by atoms with Gasteiger partial charge in [-0.1, -0.05) is 33.6 Å². The molecule has 1 aromatic heterocycles. The van der Waals surface area contributed by atoms with E-state index in [1.54, 1.807) is 6.33 Å². The highest BCUT2D eigenvalue weighted by atomic mass is 127. The van der Waals surface area contributed by atoms with E-state index in [-0.39, 0.29) is 24.0 Å². The minimum absolute atomic E-state index is 0. The average molecular weight is 448 g/mol. The molecule has 1 fully saturated rings. The maximum absolute atomic E-state index is 4.74. The molecule has 6 nitrogen and oxygen atoms in total. The molecule has 0 amide bonds. The molecule has 0 radical (unpaired) electrons. The Morgan fingerprint density at radius 3 is 2.79 bits per heavy atom. The number of aryl methyl sites for hydroxylation is 1. The van der Waals surface area contributed by atoms with Crippen molar-refractivity contribution in [2.75, 3.05) is 13.1 Å². The van der Waals surface area contributed by atoms with Gasteiger partial charge in [0.2, 0.25) is 0 Å². The summed E-state index contributed by atoms with van der Waals surface area (Å²) < 4.78 is 2.11. The van der Waals surface area contributed by atoms with Crippen LogP contribution < -0.4 is 10.6 Å². The first-order valence-corrected chi connectivity index (χ1v) is 9.10. The molecule has 1 aromatic rings. The molecule has 1 aliphatic carbocycles. The van der Waals surface area contributed by atoms with Crippen LogP contribution in [0.2, 0.25) is 0 Å². The van der Waals surface area contributed by atoms with Crippen LogP contribution in [0.25, 0.3) is 0 Å². The number of halogens is 1. The van der Waals surface area contributed by atoms with Crippen LogP contribution in [0.15, 0.2) is 11.3 Å². The second kappa shape index (κ2) is 11.7. The van der Waals surface area contributed by atoms with Crippen molar-refractivity contribution in [2.24, 2.45) is 10.9 Å². The van der Waals surface area contributed by atoms with Gasteiger partial charge < -0.3 is 15.2 Å². The monoisotopic (exact) mass is 448 g/mol. The van der Waals surface area contributed by atoms with Crippen molar-refractivity contribution in [3.05, 3.63) is 12.2 Å². The van der Waals surface area contributed by atoms with E-state index in [2.05, 4.69) is 46.2 Å². The topological polar surface area (TPSA) is 67.1 Å². The number of hydrogen-bond acceptors (Lipinski definition) is 3. The molecule has 1 saturated carbocycles. The van der Waals surface area contributed by atoms with E-state index >= 15 is 0 Å². The minimum atomic E-state index is 0. The normalized spacial score (nSPS) is 15.6. The van der Waals surface area contributed by atoms with Gasteiger partial charge in [-0.05, 0) is 25.2 Å². The fourth-order valence-corrected chi connectivity index (χ4v) is 2.88. The first-order chi connectivity index (χ1) is 11.2. The lowest BCUT2D eigenvalue weighted by Crippen LogP contribution is -2.43. The highest BCUT2D eigenvalue weighted by Crippen LogP contribution is 2.17. The van der Waals surface area contributed by atoms with Gasteiger partial charge in [-0.15, -0.1) is 34.2 Å². The quantitative estimate of drug-likeness (QED) is 0.365. The predicted molar refractivity (Wildman–Crippen MR) is 110 cm³/mol. The van der Waals surface area contributed by atoms with Gasteiger partial charge >= 0.3 is 0 Å². The van der Waals surface area contributed by atoms with Gasteiger partial charge in [0.1, 0.15) is 12.2 Å². The van der Waals surface area contributed by atoms with E-state index in [0.29, 0.717) is 12.0 Å². The van der Waals surface area contributed by atoms with Crippen LogP contribution in [0.5, 0.6) is 0 Å². The van der Waals surface area contributed by atoms with Crippen molar-refractivity contribution in [3.8, 4) is 0 Å². The molecule has 24 heavy (non-hydrogen) atoms. The fourth-order valence-electron chi connectivity index (χ4n) is 2.88. The molecular weight excluding hydrogens is 415 g/mol. The molecule has 0 unspecified atom stereocenters. The van der Waals surface area contributed by atoms with Crippen LogP contribution >= 0.6 is 24.0 Å². The number of aromatic nitrogens is 3. The Labute approximate surface area is 163 Å². The molecule has 1 aliphatic rings. The predicted octanol–water partition coefficient (Wildman–Crippen LogP) is 2.98. The van der Waals surface area contributed by atoms with Gasteiger partial charge in [-0.3, -0.25) is 4.99 Å². The van der Waals surface area contributed by atoms with Crippen LogP contribution in [-0.4, -0.2) is 39.9 Å². The van der Waals surface area contributed by atoms with E-state index in [0.717, 1.165) is 44.3 Å². The highest BCUT2D eigenvalue weighted by Gasteiger charge is 2.16. The molecule has 2 rings (SSSR count). The van der Waals surface area contributed by atoms with Gasteiger partial charge in [-0.2, -0.15) is 0 Å². The van der Waals surface area contributed by atoms with Crippen LogP contribution in [0.4, 0.5) is 0 Å². The van der Waals surface area contributed by atoms with Crippen molar-refractivity contribution in [2.45, 2.75) is 71.9 Å². The number of rotatable bonds is 8. The maximum atomic E-state index is 4.74. The SMILES string of the molecule is CCc1nncn1CCNC(=NCCC(C)C)NC1CCCC1.I. The fraction of sp³-hybridized carbons (Fsp3) is 0.824. The standard InChI is InChI=1S/C17H32N6.HI/c1-4-16-22-20-13-23(16)12-11-19-17(18-10-9-14(2)3)21-15-7-5-6-8-15;/h13-15H,4-12H2,1-3H3,(H2,18,19,21);1H. The number of guanidine groups is 1. The van der Waals surface area contributed by atoms with Crippen molar-refractivity contribution in [3.63, 3.8) is 0 Å². The zero-order valence-corrected chi connectivity index (χ0v) is 17.6. The molecule has 7 heteroatoms. The van der Waals surface area contributed by atoms with Crippen molar-refractivity contribution < 1.29 is 0 Å². The van der Waals surface area contributed by atoms with Crippen LogP contribution in [-0.2, 0) is 13.0 Å². The summed E-state index contributed by atoms with van der Waals surface area (Å²) in [5.41, 5.74) is 0. The summed E-state index contributed by atoms with van der Waals surface area (Å²) in [6.45, 7) is 9.18. The summed E-state index contributed by atoms with van der Waals surface area (Å²) in [7, 11) is 0. The second-order valence-corrected chi connectivity index (χ2v) is 6.76. The lowest BCUT2D eigenvalue weighted by molar-refractivity contribution is 0.576. The smallest absolute Gasteiger partial charge is 0.191 e. The summed E-state index contributed by atoms with van der Waals surface area (Å²) in [5, 5.41) is 15.2. The van der Waals surface area contributed by atoms with E-state index in [1.807, 2.05) is 0 Å². The Kier molecular flexibility index (Phi) is 10.3. The van der Waals surface area contributed by atoms with Crippen molar-refractivity contribution >= 4 is 29.9 Å². The molecule has 0 atom stereocenters. The zero-order chi connectivity index (χ0) is 16.5. The molecule has 0 aromatic carbocycles. The Balaban J connectivity index is 0.00000288. The summed E-state index contributed by atoms with van der Waals surface area (Å²) in [6.07, 6.45) is 9.03. The van der Waals surface area contributed by atoms with Gasteiger partial charge in [0.25, 0.3) is 0 Å².